The number of aryl methyl sites for hydroxylation is 1. The molecule has 26 heavy (non-hydrogen) atoms. The average molecular weight is 423 g/mol. The molecule has 0 aliphatic carbocycles. The van der Waals surface area contributed by atoms with Gasteiger partial charge in [0.2, 0.25) is 0 Å². The van der Waals surface area contributed by atoms with Crippen molar-refractivity contribution in [2.24, 2.45) is 0 Å². The maximum atomic E-state index is 14.6. The van der Waals surface area contributed by atoms with E-state index in [0.717, 1.165) is 18.4 Å². The van der Waals surface area contributed by atoms with Crippen molar-refractivity contribution >= 4 is 15.9 Å². The van der Waals surface area contributed by atoms with Crippen LogP contribution in [0, 0.1) is 23.3 Å². The van der Waals surface area contributed by atoms with Gasteiger partial charge in [-0.1, -0.05) is 65.7 Å². The normalized spacial score (nSPS) is 11.0. The fraction of sp³-hybridized carbons (Fsp3) is 0.143. The first-order valence-corrected chi connectivity index (χ1v) is 8.94. The first-order chi connectivity index (χ1) is 12.4. The second kappa shape index (κ2) is 7.62. The van der Waals surface area contributed by atoms with E-state index >= 15 is 0 Å². The van der Waals surface area contributed by atoms with Gasteiger partial charge in [-0.3, -0.25) is 0 Å². The van der Waals surface area contributed by atoms with E-state index in [1.807, 2.05) is 6.92 Å². The van der Waals surface area contributed by atoms with Crippen LogP contribution >= 0.6 is 15.9 Å². The first-order valence-electron chi connectivity index (χ1n) is 8.15. The summed E-state index contributed by atoms with van der Waals surface area (Å²) in [4.78, 5) is 0. The summed E-state index contributed by atoms with van der Waals surface area (Å²) in [5, 5.41) is 0. The number of benzene rings is 3. The molecule has 0 aliphatic heterocycles. The van der Waals surface area contributed by atoms with Crippen molar-refractivity contribution in [2.45, 2.75) is 19.8 Å². The fourth-order valence-electron chi connectivity index (χ4n) is 2.88. The SMILES string of the molecule is CCCc1ccc(-c2c(F)c(F)c(-c3ccc(Br)cc3)c(F)c2F)cc1. The van der Waals surface area contributed by atoms with Gasteiger partial charge in [-0.05, 0) is 35.2 Å². The Morgan fingerprint density at radius 1 is 0.654 bits per heavy atom. The quantitative estimate of drug-likeness (QED) is 0.305. The Labute approximate surface area is 157 Å². The zero-order valence-electron chi connectivity index (χ0n) is 13.9. The molecule has 0 fully saturated rings. The van der Waals surface area contributed by atoms with Crippen LogP contribution in [0.15, 0.2) is 53.0 Å². The Morgan fingerprint density at radius 2 is 1.04 bits per heavy atom. The molecule has 0 heterocycles. The maximum absolute atomic E-state index is 14.6. The summed E-state index contributed by atoms with van der Waals surface area (Å²) >= 11 is 3.21. The van der Waals surface area contributed by atoms with Crippen molar-refractivity contribution < 1.29 is 17.6 Å². The molecule has 0 amide bonds. The molecule has 0 saturated carbocycles. The van der Waals surface area contributed by atoms with Crippen molar-refractivity contribution in [3.8, 4) is 22.3 Å². The number of hydrogen-bond donors (Lipinski definition) is 0. The van der Waals surface area contributed by atoms with Gasteiger partial charge in [-0.2, -0.15) is 0 Å². The van der Waals surface area contributed by atoms with Gasteiger partial charge in [0.1, 0.15) is 0 Å². The minimum atomic E-state index is -1.40. The molecule has 0 radical (unpaired) electrons. The molecular weight excluding hydrogens is 408 g/mol. The van der Waals surface area contributed by atoms with Gasteiger partial charge < -0.3 is 0 Å². The third-order valence-corrected chi connectivity index (χ3v) is 4.71. The van der Waals surface area contributed by atoms with Crippen LogP contribution in [0.2, 0.25) is 0 Å². The summed E-state index contributed by atoms with van der Waals surface area (Å²) in [6, 6.07) is 12.2. The molecule has 0 spiro atoms. The van der Waals surface area contributed by atoms with E-state index < -0.39 is 34.4 Å². The van der Waals surface area contributed by atoms with Gasteiger partial charge in [0, 0.05) is 4.47 Å². The van der Waals surface area contributed by atoms with E-state index in [9.17, 15) is 17.6 Å². The van der Waals surface area contributed by atoms with Crippen LogP contribution in [0.3, 0.4) is 0 Å². The van der Waals surface area contributed by atoms with Gasteiger partial charge in [0.15, 0.2) is 23.3 Å². The zero-order valence-corrected chi connectivity index (χ0v) is 15.5. The van der Waals surface area contributed by atoms with Gasteiger partial charge in [0.05, 0.1) is 11.1 Å². The van der Waals surface area contributed by atoms with Gasteiger partial charge in [-0.15, -0.1) is 0 Å². The minimum absolute atomic E-state index is 0.0610. The zero-order chi connectivity index (χ0) is 18.8. The Bertz CT molecular complexity index is 903. The molecule has 0 atom stereocenters. The summed E-state index contributed by atoms with van der Waals surface area (Å²) in [5.74, 6) is -5.60. The second-order valence-corrected chi connectivity index (χ2v) is 6.88. The molecule has 0 unspecified atom stereocenters. The monoisotopic (exact) mass is 422 g/mol. The van der Waals surface area contributed by atoms with Crippen molar-refractivity contribution in [1.82, 2.24) is 0 Å². The Kier molecular flexibility index (Phi) is 5.47. The minimum Gasteiger partial charge on any atom is -0.203 e. The largest absolute Gasteiger partial charge is 0.203 e. The number of hydrogen-bond acceptors (Lipinski definition) is 0. The Morgan fingerprint density at radius 3 is 1.42 bits per heavy atom. The molecule has 0 aromatic heterocycles. The lowest BCUT2D eigenvalue weighted by atomic mass is 9.96. The van der Waals surface area contributed by atoms with Crippen molar-refractivity contribution in [3.63, 3.8) is 0 Å². The number of rotatable bonds is 4. The van der Waals surface area contributed by atoms with Crippen molar-refractivity contribution in [3.05, 3.63) is 81.8 Å². The van der Waals surface area contributed by atoms with E-state index in [4.69, 9.17) is 0 Å². The maximum Gasteiger partial charge on any atom is 0.170 e. The van der Waals surface area contributed by atoms with E-state index in [0.29, 0.717) is 4.47 Å². The van der Waals surface area contributed by atoms with Crippen LogP contribution in [0.5, 0.6) is 0 Å². The lowest BCUT2D eigenvalue weighted by Gasteiger charge is -2.13. The van der Waals surface area contributed by atoms with Crippen LogP contribution in [0.1, 0.15) is 18.9 Å². The lowest BCUT2D eigenvalue weighted by Crippen LogP contribution is -2.03. The fourth-order valence-corrected chi connectivity index (χ4v) is 3.15. The van der Waals surface area contributed by atoms with Crippen LogP contribution < -0.4 is 0 Å². The third kappa shape index (κ3) is 3.40. The average Bonchev–Trinajstić information content (AvgIpc) is 2.64. The molecular formula is C21H15BrF4. The predicted molar refractivity (Wildman–Crippen MR) is 98.8 cm³/mol. The highest BCUT2D eigenvalue weighted by atomic mass is 79.9. The molecule has 3 rings (SSSR count). The van der Waals surface area contributed by atoms with E-state index in [1.165, 1.54) is 24.3 Å². The smallest absolute Gasteiger partial charge is 0.170 e. The highest BCUT2D eigenvalue weighted by molar-refractivity contribution is 9.10. The molecule has 0 saturated heterocycles. The van der Waals surface area contributed by atoms with Crippen molar-refractivity contribution in [2.75, 3.05) is 0 Å². The van der Waals surface area contributed by atoms with Crippen LogP contribution in [-0.2, 0) is 6.42 Å². The third-order valence-electron chi connectivity index (χ3n) is 4.18. The standard InChI is InChI=1S/C21H15BrF4/c1-2-3-12-4-6-13(7-5-12)16-18(23)20(25)17(21(26)19(16)24)14-8-10-15(22)11-9-14/h4-11H,2-3H2,1H3. The second-order valence-electron chi connectivity index (χ2n) is 5.96. The summed E-state index contributed by atoms with van der Waals surface area (Å²) < 4.78 is 59.1. The lowest BCUT2D eigenvalue weighted by molar-refractivity contribution is 0.463. The molecule has 3 aromatic rings. The first kappa shape index (κ1) is 18.6. The van der Waals surface area contributed by atoms with Crippen LogP contribution in [-0.4, -0.2) is 0 Å². The predicted octanol–water partition coefficient (Wildman–Crippen LogP) is 7.29. The highest BCUT2D eigenvalue weighted by Crippen LogP contribution is 2.37. The molecule has 0 nitrogen and oxygen atoms in total. The molecule has 0 N–H and O–H groups in total. The Hall–Kier alpha value is -2.14. The molecule has 5 heteroatoms. The van der Waals surface area contributed by atoms with E-state index in [1.54, 1.807) is 24.3 Å². The summed E-state index contributed by atoms with van der Waals surface area (Å²) in [7, 11) is 0. The number of halogens is 5. The van der Waals surface area contributed by atoms with Gasteiger partial charge >= 0.3 is 0 Å². The summed E-state index contributed by atoms with van der Waals surface area (Å²) in [6.45, 7) is 2.01. The molecule has 0 bridgehead atoms. The summed E-state index contributed by atoms with van der Waals surface area (Å²) in [5.41, 5.74) is -0.252. The van der Waals surface area contributed by atoms with E-state index in [-0.39, 0.29) is 11.1 Å². The van der Waals surface area contributed by atoms with Crippen LogP contribution in [0.4, 0.5) is 17.6 Å². The molecule has 0 aliphatic rings. The van der Waals surface area contributed by atoms with Crippen molar-refractivity contribution in [1.29, 1.82) is 0 Å². The van der Waals surface area contributed by atoms with Gasteiger partial charge in [0.25, 0.3) is 0 Å². The van der Waals surface area contributed by atoms with E-state index in [2.05, 4.69) is 15.9 Å². The molecule has 134 valence electrons. The summed E-state index contributed by atoms with van der Waals surface area (Å²) in [6.07, 6.45) is 1.74. The molecule has 3 aromatic carbocycles. The van der Waals surface area contributed by atoms with Gasteiger partial charge in [-0.25, -0.2) is 17.6 Å². The topological polar surface area (TPSA) is 0 Å². The Balaban J connectivity index is 2.15. The van der Waals surface area contributed by atoms with Crippen LogP contribution in [0.25, 0.3) is 22.3 Å². The highest BCUT2D eigenvalue weighted by Gasteiger charge is 2.27.